The lowest BCUT2D eigenvalue weighted by Gasteiger charge is -2.15. The van der Waals surface area contributed by atoms with Crippen molar-refractivity contribution in [2.75, 3.05) is 17.3 Å². The van der Waals surface area contributed by atoms with E-state index in [0.29, 0.717) is 12.8 Å². The van der Waals surface area contributed by atoms with E-state index in [9.17, 15) is 10.1 Å². The average molecular weight is 270 g/mol. The summed E-state index contributed by atoms with van der Waals surface area (Å²) in [6.45, 7) is 3.45. The van der Waals surface area contributed by atoms with Gasteiger partial charge in [0.15, 0.2) is 0 Å². The summed E-state index contributed by atoms with van der Waals surface area (Å²) in [6.07, 6.45) is 1.27. The van der Waals surface area contributed by atoms with E-state index >= 15 is 0 Å². The first-order chi connectivity index (χ1) is 8.99. The second-order valence-electron chi connectivity index (χ2n) is 4.14. The Morgan fingerprint density at radius 2 is 2.21 bits per heavy atom. The topological polar surface area (TPSA) is 139 Å². The molecule has 9 heteroatoms. The molecule has 1 aromatic heterocycles. The van der Waals surface area contributed by atoms with Crippen molar-refractivity contribution in [2.45, 2.75) is 32.7 Å². The highest BCUT2D eigenvalue weighted by molar-refractivity contribution is 5.61. The zero-order valence-electron chi connectivity index (χ0n) is 10.9. The summed E-state index contributed by atoms with van der Waals surface area (Å²) in [7, 11) is 0. The van der Waals surface area contributed by atoms with Crippen LogP contribution in [0.5, 0.6) is 0 Å². The number of aliphatic hydroxyl groups is 1. The van der Waals surface area contributed by atoms with Crippen molar-refractivity contribution >= 4 is 17.5 Å². The summed E-state index contributed by atoms with van der Waals surface area (Å²) in [5, 5.41) is 22.7. The zero-order valence-corrected chi connectivity index (χ0v) is 10.9. The van der Waals surface area contributed by atoms with Gasteiger partial charge in [-0.2, -0.15) is 4.98 Å². The Morgan fingerprint density at radius 3 is 2.74 bits per heavy atom. The Morgan fingerprint density at radius 1 is 1.53 bits per heavy atom. The molecular weight excluding hydrogens is 252 g/mol. The number of nitrogen functional groups attached to an aromatic ring is 1. The van der Waals surface area contributed by atoms with Gasteiger partial charge in [0.1, 0.15) is 5.69 Å². The molecule has 0 fully saturated rings. The minimum Gasteiger partial charge on any atom is -0.396 e. The molecule has 106 valence electrons. The van der Waals surface area contributed by atoms with Crippen LogP contribution in [0.1, 0.15) is 25.5 Å². The van der Waals surface area contributed by atoms with Crippen LogP contribution in [0.15, 0.2) is 0 Å². The van der Waals surface area contributed by atoms with E-state index < -0.39 is 4.92 Å². The maximum Gasteiger partial charge on any atom is 0.332 e. The molecule has 0 aliphatic heterocycles. The monoisotopic (exact) mass is 270 g/mol. The van der Waals surface area contributed by atoms with Gasteiger partial charge >= 0.3 is 5.69 Å². The molecule has 19 heavy (non-hydrogen) atoms. The highest BCUT2D eigenvalue weighted by atomic mass is 16.6. The van der Waals surface area contributed by atoms with Crippen molar-refractivity contribution in [2.24, 2.45) is 5.84 Å². The molecule has 0 amide bonds. The molecule has 0 aliphatic rings. The van der Waals surface area contributed by atoms with Crippen molar-refractivity contribution in [3.63, 3.8) is 0 Å². The summed E-state index contributed by atoms with van der Waals surface area (Å²) in [5.74, 6) is 5.45. The first kappa shape index (κ1) is 15.1. The lowest BCUT2D eigenvalue weighted by molar-refractivity contribution is -0.385. The van der Waals surface area contributed by atoms with Gasteiger partial charge in [0, 0.05) is 12.6 Å². The van der Waals surface area contributed by atoms with Gasteiger partial charge in [-0.15, -0.1) is 0 Å². The third-order valence-electron chi connectivity index (χ3n) is 2.55. The standard InChI is InChI=1S/C10H18N6O3/c1-6(4-3-5-17)12-9-8(16(18)19)7(2)13-10(14-9)15-11/h6,17H,3-5,11H2,1-2H3,(H2,12,13,14,15). The van der Waals surface area contributed by atoms with Crippen molar-refractivity contribution in [1.82, 2.24) is 9.97 Å². The quantitative estimate of drug-likeness (QED) is 0.320. The summed E-state index contributed by atoms with van der Waals surface area (Å²) in [5.41, 5.74) is 2.32. The molecule has 0 radical (unpaired) electrons. The number of aromatic nitrogens is 2. The molecule has 0 aliphatic carbocycles. The largest absolute Gasteiger partial charge is 0.396 e. The molecule has 1 unspecified atom stereocenters. The number of hydrazine groups is 1. The smallest absolute Gasteiger partial charge is 0.332 e. The van der Waals surface area contributed by atoms with Gasteiger partial charge in [0.2, 0.25) is 11.8 Å². The average Bonchev–Trinajstić information content (AvgIpc) is 2.35. The first-order valence-corrected chi connectivity index (χ1v) is 5.86. The number of nitrogens with two attached hydrogens (primary N) is 1. The maximum atomic E-state index is 11.0. The predicted octanol–water partition coefficient (Wildman–Crippen LogP) is 0.552. The molecule has 0 spiro atoms. The van der Waals surface area contributed by atoms with Crippen molar-refractivity contribution in [1.29, 1.82) is 0 Å². The number of aryl methyl sites for hydroxylation is 1. The second kappa shape index (κ2) is 6.81. The van der Waals surface area contributed by atoms with Gasteiger partial charge in [-0.25, -0.2) is 10.8 Å². The zero-order chi connectivity index (χ0) is 14.4. The molecule has 0 bridgehead atoms. The van der Waals surface area contributed by atoms with E-state index in [1.807, 2.05) is 6.92 Å². The van der Waals surface area contributed by atoms with Gasteiger partial charge in [-0.05, 0) is 26.7 Å². The molecule has 5 N–H and O–H groups in total. The number of anilines is 2. The first-order valence-electron chi connectivity index (χ1n) is 5.86. The normalized spacial score (nSPS) is 12.0. The third-order valence-corrected chi connectivity index (χ3v) is 2.55. The van der Waals surface area contributed by atoms with Crippen LogP contribution in [0, 0.1) is 17.0 Å². The summed E-state index contributed by atoms with van der Waals surface area (Å²) in [6, 6.07) is -0.0641. The highest BCUT2D eigenvalue weighted by Crippen LogP contribution is 2.27. The second-order valence-corrected chi connectivity index (χ2v) is 4.14. The van der Waals surface area contributed by atoms with Crippen LogP contribution in [0.2, 0.25) is 0 Å². The van der Waals surface area contributed by atoms with Gasteiger partial charge < -0.3 is 10.4 Å². The number of rotatable bonds is 7. The van der Waals surface area contributed by atoms with Crippen LogP contribution in [-0.4, -0.2) is 32.6 Å². The summed E-state index contributed by atoms with van der Waals surface area (Å²) in [4.78, 5) is 18.3. The Bertz CT molecular complexity index is 453. The van der Waals surface area contributed by atoms with Crippen molar-refractivity contribution < 1.29 is 10.0 Å². The van der Waals surface area contributed by atoms with Gasteiger partial charge in [0.25, 0.3) is 0 Å². The summed E-state index contributed by atoms with van der Waals surface area (Å²) >= 11 is 0. The minimum absolute atomic E-state index is 0.0641. The van der Waals surface area contributed by atoms with Crippen molar-refractivity contribution in [3.8, 4) is 0 Å². The van der Waals surface area contributed by atoms with Crippen LogP contribution in [0.25, 0.3) is 0 Å². The Balaban J connectivity index is 3.02. The van der Waals surface area contributed by atoms with Gasteiger partial charge in [-0.1, -0.05) is 0 Å². The fraction of sp³-hybridized carbons (Fsp3) is 0.600. The molecule has 9 nitrogen and oxygen atoms in total. The van der Waals surface area contributed by atoms with Crippen LogP contribution < -0.4 is 16.6 Å². The van der Waals surface area contributed by atoms with Crippen molar-refractivity contribution in [3.05, 3.63) is 15.8 Å². The summed E-state index contributed by atoms with van der Waals surface area (Å²) < 4.78 is 0. The van der Waals surface area contributed by atoms with E-state index in [2.05, 4.69) is 20.7 Å². The maximum absolute atomic E-state index is 11.0. The molecular formula is C10H18N6O3. The van der Waals surface area contributed by atoms with E-state index in [1.165, 1.54) is 6.92 Å². The van der Waals surface area contributed by atoms with E-state index in [0.717, 1.165) is 0 Å². The Hall–Kier alpha value is -2.00. The van der Waals surface area contributed by atoms with Gasteiger partial charge in [-0.3, -0.25) is 15.5 Å². The number of hydrogen-bond acceptors (Lipinski definition) is 8. The number of hydrogen-bond donors (Lipinski definition) is 4. The van der Waals surface area contributed by atoms with E-state index in [4.69, 9.17) is 10.9 Å². The van der Waals surface area contributed by atoms with E-state index in [1.54, 1.807) is 0 Å². The lowest BCUT2D eigenvalue weighted by Crippen LogP contribution is -2.20. The fourth-order valence-corrected chi connectivity index (χ4v) is 1.65. The number of nitrogens with one attached hydrogen (secondary N) is 2. The molecule has 1 heterocycles. The van der Waals surface area contributed by atoms with Crippen LogP contribution in [-0.2, 0) is 0 Å². The molecule has 0 saturated heterocycles. The van der Waals surface area contributed by atoms with E-state index in [-0.39, 0.29) is 35.8 Å². The highest BCUT2D eigenvalue weighted by Gasteiger charge is 2.22. The SMILES string of the molecule is Cc1nc(NN)nc(NC(C)CCCO)c1[N+](=O)[O-]. The molecule has 0 aromatic carbocycles. The fourth-order valence-electron chi connectivity index (χ4n) is 1.65. The minimum atomic E-state index is -0.531. The van der Waals surface area contributed by atoms with Crippen LogP contribution in [0.3, 0.4) is 0 Å². The predicted molar refractivity (Wildman–Crippen MR) is 70.6 cm³/mol. The third kappa shape index (κ3) is 4.00. The number of aliphatic hydroxyl groups excluding tert-OH is 1. The molecule has 1 aromatic rings. The van der Waals surface area contributed by atoms with Crippen LogP contribution in [0.4, 0.5) is 17.5 Å². The molecule has 0 saturated carbocycles. The lowest BCUT2D eigenvalue weighted by atomic mass is 10.2. The Labute approximate surface area is 110 Å². The Kier molecular flexibility index (Phi) is 5.39. The number of nitro groups is 1. The molecule has 1 atom stereocenters. The number of nitrogens with zero attached hydrogens (tertiary/aromatic N) is 3. The van der Waals surface area contributed by atoms with Crippen LogP contribution >= 0.6 is 0 Å². The molecule has 1 rings (SSSR count). The van der Waals surface area contributed by atoms with Gasteiger partial charge in [0.05, 0.1) is 4.92 Å².